The van der Waals surface area contributed by atoms with Gasteiger partial charge in [0.25, 0.3) is 5.89 Å². The Morgan fingerprint density at radius 1 is 1.09 bits per heavy atom. The molecule has 0 unspecified atom stereocenters. The third-order valence-corrected chi connectivity index (χ3v) is 6.60. The van der Waals surface area contributed by atoms with Gasteiger partial charge in [-0.3, -0.25) is 4.90 Å². The lowest BCUT2D eigenvalue weighted by molar-refractivity contribution is 0.151. The number of methoxy groups -OCH3 is 2. The summed E-state index contributed by atoms with van der Waals surface area (Å²) in [5.41, 5.74) is 3.48. The molecule has 0 fully saturated rings. The van der Waals surface area contributed by atoms with E-state index in [0.717, 1.165) is 34.7 Å². The first kappa shape index (κ1) is 20.5. The van der Waals surface area contributed by atoms with E-state index >= 15 is 0 Å². The Morgan fingerprint density at radius 3 is 2.59 bits per heavy atom. The molecule has 0 saturated heterocycles. The molecule has 2 aromatic heterocycles. The maximum Gasteiger partial charge on any atom is 0.438 e. The molecule has 0 saturated carbocycles. The number of fused-ring (bicyclic) bond motifs is 1. The van der Waals surface area contributed by atoms with Crippen molar-refractivity contribution < 1.29 is 13.9 Å². The Hall–Kier alpha value is -3.36. The molecule has 1 aliphatic rings. The van der Waals surface area contributed by atoms with Crippen LogP contribution >= 0.6 is 11.3 Å². The van der Waals surface area contributed by atoms with Crippen LogP contribution in [0, 0.1) is 0 Å². The Kier molecular flexibility index (Phi) is 5.55. The van der Waals surface area contributed by atoms with Crippen LogP contribution in [-0.2, 0) is 13.1 Å². The van der Waals surface area contributed by atoms with Gasteiger partial charge in [0.05, 0.1) is 25.1 Å². The minimum atomic E-state index is -0.460. The zero-order chi connectivity index (χ0) is 22.1. The monoisotopic (exact) mass is 449 g/mol. The third-order valence-electron chi connectivity index (χ3n) is 5.74. The summed E-state index contributed by atoms with van der Waals surface area (Å²) in [6, 6.07) is 18.1. The van der Waals surface area contributed by atoms with Crippen LogP contribution in [0.2, 0.25) is 0 Å². The summed E-state index contributed by atoms with van der Waals surface area (Å²) in [5.74, 6) is 1.30. The molecule has 32 heavy (non-hydrogen) atoms. The second kappa shape index (κ2) is 8.64. The van der Waals surface area contributed by atoms with Gasteiger partial charge in [0.2, 0.25) is 0 Å². The molecule has 164 valence electrons. The molecule has 0 spiro atoms. The number of thiophene rings is 1. The van der Waals surface area contributed by atoms with Crippen molar-refractivity contribution in [3.8, 4) is 22.3 Å². The first-order chi connectivity index (χ1) is 15.7. The number of hydrogen-bond donors (Lipinski definition) is 0. The summed E-state index contributed by atoms with van der Waals surface area (Å²) in [7, 11) is 3.29. The van der Waals surface area contributed by atoms with E-state index in [-0.39, 0.29) is 6.04 Å². The van der Waals surface area contributed by atoms with E-state index in [9.17, 15) is 4.79 Å². The molecule has 8 heteroatoms. The fourth-order valence-corrected chi connectivity index (χ4v) is 4.89. The molecule has 0 aliphatic carbocycles. The number of nitrogens with zero attached hydrogens (tertiary/aromatic N) is 3. The molecular formula is C24H23N3O4S. The molecule has 7 nitrogen and oxygen atoms in total. The summed E-state index contributed by atoms with van der Waals surface area (Å²) in [6.07, 6.45) is 0.823. The zero-order valence-electron chi connectivity index (χ0n) is 17.9. The molecular weight excluding hydrogens is 426 g/mol. The zero-order valence-corrected chi connectivity index (χ0v) is 18.7. The third kappa shape index (κ3) is 3.72. The van der Waals surface area contributed by atoms with Crippen molar-refractivity contribution in [1.29, 1.82) is 0 Å². The summed E-state index contributed by atoms with van der Waals surface area (Å²) in [4.78, 5) is 15.6. The first-order valence-corrected chi connectivity index (χ1v) is 11.2. The fourth-order valence-electron chi connectivity index (χ4n) is 4.24. The van der Waals surface area contributed by atoms with E-state index in [2.05, 4.69) is 28.2 Å². The van der Waals surface area contributed by atoms with Gasteiger partial charge in [-0.25, -0.2) is 4.79 Å². The summed E-state index contributed by atoms with van der Waals surface area (Å²) in [5, 5.41) is 6.39. The van der Waals surface area contributed by atoms with Crippen LogP contribution in [0.3, 0.4) is 0 Å². The van der Waals surface area contributed by atoms with E-state index in [1.54, 1.807) is 14.2 Å². The maximum absolute atomic E-state index is 12.6. The summed E-state index contributed by atoms with van der Waals surface area (Å²) < 4.78 is 17.9. The molecule has 3 heterocycles. The standard InChI is InChI=1S/C24H23N3O4S/c1-29-19-13-17-10-11-26(15-27-24(28)31-23(25-27)21-9-6-12-32-21)22(16-7-4-3-5-8-16)18(17)14-20(19)30-2/h3-9,12-14,22H,10-11,15H2,1-2H3/t22-/m0/s1. The molecule has 1 atom stereocenters. The minimum absolute atomic E-state index is 0.0615. The first-order valence-electron chi connectivity index (χ1n) is 10.3. The van der Waals surface area contributed by atoms with Crippen molar-refractivity contribution in [2.24, 2.45) is 0 Å². The van der Waals surface area contributed by atoms with Crippen molar-refractivity contribution in [2.45, 2.75) is 19.1 Å². The highest BCUT2D eigenvalue weighted by atomic mass is 32.1. The predicted molar refractivity (Wildman–Crippen MR) is 122 cm³/mol. The van der Waals surface area contributed by atoms with E-state index in [4.69, 9.17) is 13.9 Å². The average Bonchev–Trinajstić information content (AvgIpc) is 3.49. The summed E-state index contributed by atoms with van der Waals surface area (Å²) in [6.45, 7) is 1.08. The molecule has 2 aromatic carbocycles. The highest BCUT2D eigenvalue weighted by molar-refractivity contribution is 7.13. The Labute approximate surface area is 189 Å². The van der Waals surface area contributed by atoms with Crippen LogP contribution in [0.1, 0.15) is 22.7 Å². The van der Waals surface area contributed by atoms with Gasteiger partial charge >= 0.3 is 5.76 Å². The number of hydrogen-bond acceptors (Lipinski definition) is 7. The van der Waals surface area contributed by atoms with E-state index in [0.29, 0.717) is 18.3 Å². The van der Waals surface area contributed by atoms with Crippen LogP contribution in [0.5, 0.6) is 11.5 Å². The van der Waals surface area contributed by atoms with Crippen LogP contribution in [0.15, 0.2) is 69.2 Å². The van der Waals surface area contributed by atoms with Crippen LogP contribution < -0.4 is 15.2 Å². The van der Waals surface area contributed by atoms with Crippen LogP contribution in [-0.4, -0.2) is 35.4 Å². The average molecular weight is 450 g/mol. The van der Waals surface area contributed by atoms with Gasteiger partial charge in [-0.1, -0.05) is 36.4 Å². The number of aromatic nitrogens is 2. The second-order valence-electron chi connectivity index (χ2n) is 7.57. The smallest absolute Gasteiger partial charge is 0.438 e. The normalized spacial score (nSPS) is 16.0. The fraction of sp³-hybridized carbons (Fsp3) is 0.250. The van der Waals surface area contributed by atoms with Gasteiger partial charge in [0.15, 0.2) is 11.5 Å². The van der Waals surface area contributed by atoms with Crippen LogP contribution in [0.4, 0.5) is 0 Å². The van der Waals surface area contributed by atoms with E-state index in [1.165, 1.54) is 21.6 Å². The lowest BCUT2D eigenvalue weighted by atomic mass is 9.88. The molecule has 0 radical (unpaired) electrons. The molecule has 1 aliphatic heterocycles. The van der Waals surface area contributed by atoms with Gasteiger partial charge in [0, 0.05) is 6.54 Å². The SMILES string of the molecule is COc1cc2c(cc1OC)[C@H](c1ccccc1)N(Cn1nc(-c3cccs3)oc1=O)CC2. The summed E-state index contributed by atoms with van der Waals surface area (Å²) >= 11 is 1.49. The quantitative estimate of drug-likeness (QED) is 0.440. The largest absolute Gasteiger partial charge is 0.493 e. The van der Waals surface area contributed by atoms with Crippen molar-refractivity contribution in [3.63, 3.8) is 0 Å². The molecule has 5 rings (SSSR count). The number of ether oxygens (including phenoxy) is 2. The topological polar surface area (TPSA) is 69.7 Å². The van der Waals surface area contributed by atoms with Gasteiger partial charge in [-0.05, 0) is 46.7 Å². The van der Waals surface area contributed by atoms with Crippen molar-refractivity contribution in [2.75, 3.05) is 20.8 Å². The van der Waals surface area contributed by atoms with Crippen molar-refractivity contribution >= 4 is 11.3 Å². The molecule has 0 bridgehead atoms. The number of rotatable bonds is 6. The lowest BCUT2D eigenvalue weighted by Gasteiger charge is -2.37. The molecule has 4 aromatic rings. The predicted octanol–water partition coefficient (Wildman–Crippen LogP) is 4.19. The highest BCUT2D eigenvalue weighted by Gasteiger charge is 2.31. The number of benzene rings is 2. The maximum atomic E-state index is 12.6. The van der Waals surface area contributed by atoms with Gasteiger partial charge in [0.1, 0.15) is 6.67 Å². The van der Waals surface area contributed by atoms with Gasteiger partial charge in [-0.2, -0.15) is 4.68 Å². The Morgan fingerprint density at radius 2 is 1.88 bits per heavy atom. The Bertz CT molecular complexity index is 1260. The minimum Gasteiger partial charge on any atom is -0.493 e. The lowest BCUT2D eigenvalue weighted by Crippen LogP contribution is -2.39. The van der Waals surface area contributed by atoms with Gasteiger partial charge in [-0.15, -0.1) is 16.4 Å². The molecule has 0 N–H and O–H groups in total. The van der Waals surface area contributed by atoms with Gasteiger partial charge < -0.3 is 13.9 Å². The van der Waals surface area contributed by atoms with Crippen molar-refractivity contribution in [3.05, 3.63) is 87.2 Å². The van der Waals surface area contributed by atoms with E-state index in [1.807, 2.05) is 41.8 Å². The van der Waals surface area contributed by atoms with Crippen molar-refractivity contribution in [1.82, 2.24) is 14.7 Å². The van der Waals surface area contributed by atoms with Crippen LogP contribution in [0.25, 0.3) is 10.8 Å². The van der Waals surface area contributed by atoms with E-state index < -0.39 is 5.76 Å². The Balaban J connectivity index is 1.55. The highest BCUT2D eigenvalue weighted by Crippen LogP contribution is 2.41. The molecule has 0 amide bonds. The second-order valence-corrected chi connectivity index (χ2v) is 8.52.